The van der Waals surface area contributed by atoms with Gasteiger partial charge in [0.05, 0.1) is 5.56 Å². The molecule has 0 aliphatic rings. The number of benzene rings is 2. The van der Waals surface area contributed by atoms with Crippen LogP contribution >= 0.6 is 0 Å². The number of nitrogens with zero attached hydrogens (tertiary/aromatic N) is 2. The Bertz CT molecular complexity index is 812. The number of carbonyl (C=O) groups excluding carboxylic acids is 1. The molecule has 0 aliphatic heterocycles. The van der Waals surface area contributed by atoms with Gasteiger partial charge in [0.1, 0.15) is 5.82 Å². The smallest absolute Gasteiger partial charge is 0.259 e. The number of aromatic nitrogens is 2. The van der Waals surface area contributed by atoms with Gasteiger partial charge in [-0.25, -0.2) is 9.02 Å². The number of halogens is 1. The van der Waals surface area contributed by atoms with Gasteiger partial charge in [-0.2, -0.15) is 0 Å². The van der Waals surface area contributed by atoms with Crippen LogP contribution in [0.2, 0.25) is 0 Å². The molecule has 1 N–H and O–H groups in total. The number of nitrogens with one attached hydrogen (secondary N) is 1. The predicted octanol–water partition coefficient (Wildman–Crippen LogP) is 3.44. The molecule has 6 heteroatoms. The van der Waals surface area contributed by atoms with E-state index in [0.717, 1.165) is 11.1 Å². The number of hydrogen-bond donors (Lipinski definition) is 1. The first kappa shape index (κ1) is 13.9. The van der Waals surface area contributed by atoms with Gasteiger partial charge in [0, 0.05) is 5.56 Å². The summed E-state index contributed by atoms with van der Waals surface area (Å²) in [5.41, 5.74) is 2.16. The second kappa shape index (κ2) is 5.77. The van der Waals surface area contributed by atoms with Crippen molar-refractivity contribution < 1.29 is 13.8 Å². The van der Waals surface area contributed by atoms with Gasteiger partial charge in [0.15, 0.2) is 5.69 Å². The van der Waals surface area contributed by atoms with E-state index in [9.17, 15) is 9.18 Å². The molecule has 0 aliphatic carbocycles. The van der Waals surface area contributed by atoms with Crippen molar-refractivity contribution in [2.75, 3.05) is 5.32 Å². The average molecular weight is 297 g/mol. The van der Waals surface area contributed by atoms with E-state index in [0.29, 0.717) is 5.69 Å². The van der Waals surface area contributed by atoms with Crippen LogP contribution in [0.25, 0.3) is 11.3 Å². The standard InChI is InChI=1S/C16H12FN3O2/c1-10-6-8-11(9-7-10)14-15(20-22-19-14)18-16(21)12-4-2-3-5-13(12)17/h2-9H,1H3,(H,18,20,21). The van der Waals surface area contributed by atoms with Crippen molar-refractivity contribution in [3.05, 3.63) is 65.5 Å². The fourth-order valence-corrected chi connectivity index (χ4v) is 1.99. The van der Waals surface area contributed by atoms with Gasteiger partial charge in [-0.3, -0.25) is 4.79 Å². The molecule has 2 aromatic carbocycles. The molecule has 5 nitrogen and oxygen atoms in total. The summed E-state index contributed by atoms with van der Waals surface area (Å²) in [6, 6.07) is 13.2. The first-order chi connectivity index (χ1) is 10.6. The number of anilines is 1. The molecule has 0 unspecified atom stereocenters. The fraction of sp³-hybridized carbons (Fsp3) is 0.0625. The Labute approximate surface area is 125 Å². The molecule has 0 bridgehead atoms. The summed E-state index contributed by atoms with van der Waals surface area (Å²) in [7, 11) is 0. The van der Waals surface area contributed by atoms with E-state index in [1.807, 2.05) is 31.2 Å². The highest BCUT2D eigenvalue weighted by Gasteiger charge is 2.17. The lowest BCUT2D eigenvalue weighted by atomic mass is 10.1. The first-order valence-corrected chi connectivity index (χ1v) is 6.60. The summed E-state index contributed by atoms with van der Waals surface area (Å²) in [4.78, 5) is 12.1. The Morgan fingerprint density at radius 1 is 1.09 bits per heavy atom. The van der Waals surface area contributed by atoms with Crippen molar-refractivity contribution in [1.29, 1.82) is 0 Å². The maximum atomic E-state index is 13.6. The highest BCUT2D eigenvalue weighted by molar-refractivity contribution is 6.05. The number of amides is 1. The Balaban J connectivity index is 1.88. The predicted molar refractivity (Wildman–Crippen MR) is 78.8 cm³/mol. The minimum atomic E-state index is -0.609. The van der Waals surface area contributed by atoms with Gasteiger partial charge in [-0.1, -0.05) is 42.0 Å². The van der Waals surface area contributed by atoms with Crippen LogP contribution in [0.15, 0.2) is 53.2 Å². The van der Waals surface area contributed by atoms with E-state index < -0.39 is 11.7 Å². The topological polar surface area (TPSA) is 68.0 Å². The maximum Gasteiger partial charge on any atom is 0.259 e. The molecule has 0 atom stereocenters. The second-order valence-corrected chi connectivity index (χ2v) is 4.76. The largest absolute Gasteiger partial charge is 0.302 e. The lowest BCUT2D eigenvalue weighted by Crippen LogP contribution is -2.14. The van der Waals surface area contributed by atoms with Crippen molar-refractivity contribution in [3.63, 3.8) is 0 Å². The van der Waals surface area contributed by atoms with Crippen LogP contribution in [-0.2, 0) is 0 Å². The van der Waals surface area contributed by atoms with E-state index in [2.05, 4.69) is 20.3 Å². The molecule has 0 spiro atoms. The quantitative estimate of drug-likeness (QED) is 0.804. The van der Waals surface area contributed by atoms with Crippen LogP contribution in [0.4, 0.5) is 10.2 Å². The van der Waals surface area contributed by atoms with Crippen LogP contribution in [0, 0.1) is 12.7 Å². The van der Waals surface area contributed by atoms with Gasteiger partial charge >= 0.3 is 0 Å². The molecule has 1 aromatic heterocycles. The minimum Gasteiger partial charge on any atom is -0.302 e. The second-order valence-electron chi connectivity index (χ2n) is 4.76. The molecule has 110 valence electrons. The summed E-state index contributed by atoms with van der Waals surface area (Å²) in [6.45, 7) is 1.96. The van der Waals surface area contributed by atoms with E-state index in [4.69, 9.17) is 0 Å². The van der Waals surface area contributed by atoms with Crippen molar-refractivity contribution in [3.8, 4) is 11.3 Å². The SMILES string of the molecule is Cc1ccc(-c2nonc2NC(=O)c2ccccc2F)cc1. The Hall–Kier alpha value is -3.02. The summed E-state index contributed by atoms with van der Waals surface area (Å²) < 4.78 is 18.3. The lowest BCUT2D eigenvalue weighted by molar-refractivity contribution is 0.102. The number of carbonyl (C=O) groups is 1. The third kappa shape index (κ3) is 2.71. The fourth-order valence-electron chi connectivity index (χ4n) is 1.99. The number of aryl methyl sites for hydroxylation is 1. The van der Waals surface area contributed by atoms with E-state index >= 15 is 0 Å². The zero-order valence-corrected chi connectivity index (χ0v) is 11.7. The summed E-state index contributed by atoms with van der Waals surface area (Å²) in [5, 5.41) is 9.97. The zero-order chi connectivity index (χ0) is 15.5. The van der Waals surface area contributed by atoms with Crippen molar-refractivity contribution in [2.45, 2.75) is 6.92 Å². The molecule has 1 amide bonds. The first-order valence-electron chi connectivity index (χ1n) is 6.60. The van der Waals surface area contributed by atoms with Gasteiger partial charge in [0.2, 0.25) is 5.82 Å². The Kier molecular flexibility index (Phi) is 3.65. The molecule has 0 saturated carbocycles. The van der Waals surface area contributed by atoms with Gasteiger partial charge in [-0.05, 0) is 29.4 Å². The van der Waals surface area contributed by atoms with E-state index in [1.54, 1.807) is 6.07 Å². The van der Waals surface area contributed by atoms with Gasteiger partial charge < -0.3 is 5.32 Å². The molecule has 1 heterocycles. The normalized spacial score (nSPS) is 10.5. The van der Waals surface area contributed by atoms with Crippen LogP contribution < -0.4 is 5.32 Å². The zero-order valence-electron chi connectivity index (χ0n) is 11.7. The molecular weight excluding hydrogens is 285 g/mol. The Morgan fingerprint density at radius 3 is 2.55 bits per heavy atom. The maximum absolute atomic E-state index is 13.6. The highest BCUT2D eigenvalue weighted by Crippen LogP contribution is 2.25. The van der Waals surface area contributed by atoms with E-state index in [-0.39, 0.29) is 11.4 Å². The lowest BCUT2D eigenvalue weighted by Gasteiger charge is -2.04. The third-order valence-electron chi connectivity index (χ3n) is 3.16. The average Bonchev–Trinajstić information content (AvgIpc) is 2.96. The monoisotopic (exact) mass is 297 g/mol. The molecule has 0 fully saturated rings. The van der Waals surface area contributed by atoms with Gasteiger partial charge in [-0.15, -0.1) is 0 Å². The highest BCUT2D eigenvalue weighted by atomic mass is 19.1. The third-order valence-corrected chi connectivity index (χ3v) is 3.16. The van der Waals surface area contributed by atoms with Crippen LogP contribution in [-0.4, -0.2) is 16.2 Å². The minimum absolute atomic E-state index is 0.0691. The summed E-state index contributed by atoms with van der Waals surface area (Å²) in [5.74, 6) is -1.06. The molecule has 0 radical (unpaired) electrons. The summed E-state index contributed by atoms with van der Waals surface area (Å²) in [6.07, 6.45) is 0. The molecule has 3 rings (SSSR count). The molecule has 3 aromatic rings. The number of hydrogen-bond acceptors (Lipinski definition) is 4. The van der Waals surface area contributed by atoms with Crippen molar-refractivity contribution in [1.82, 2.24) is 10.3 Å². The summed E-state index contributed by atoms with van der Waals surface area (Å²) >= 11 is 0. The Morgan fingerprint density at radius 2 is 1.82 bits per heavy atom. The number of rotatable bonds is 3. The van der Waals surface area contributed by atoms with Crippen molar-refractivity contribution in [2.24, 2.45) is 0 Å². The van der Waals surface area contributed by atoms with E-state index in [1.165, 1.54) is 18.2 Å². The van der Waals surface area contributed by atoms with Crippen LogP contribution in [0.3, 0.4) is 0 Å². The van der Waals surface area contributed by atoms with Crippen molar-refractivity contribution >= 4 is 11.7 Å². The molecule has 0 saturated heterocycles. The molecule has 22 heavy (non-hydrogen) atoms. The van der Waals surface area contributed by atoms with Crippen LogP contribution in [0.1, 0.15) is 15.9 Å². The molecular formula is C16H12FN3O2. The van der Waals surface area contributed by atoms with Gasteiger partial charge in [0.25, 0.3) is 5.91 Å². The van der Waals surface area contributed by atoms with Crippen LogP contribution in [0.5, 0.6) is 0 Å².